The SMILES string of the molecule is CCN1CCCC1CN(C)C1(CN)CCCN(C)CC1. The molecule has 0 aliphatic carbocycles. The zero-order chi connectivity index (χ0) is 14.6. The van der Waals surface area contributed by atoms with Gasteiger partial charge < -0.3 is 10.6 Å². The van der Waals surface area contributed by atoms with E-state index in [4.69, 9.17) is 5.73 Å². The van der Waals surface area contributed by atoms with E-state index in [1.54, 1.807) is 0 Å². The van der Waals surface area contributed by atoms with Crippen LogP contribution in [0.3, 0.4) is 0 Å². The maximum absolute atomic E-state index is 6.22. The number of likely N-dealkylation sites (N-methyl/N-ethyl adjacent to an activating group) is 2. The molecule has 2 rings (SSSR count). The molecular formula is C16H34N4. The highest BCUT2D eigenvalue weighted by Gasteiger charge is 2.36. The summed E-state index contributed by atoms with van der Waals surface area (Å²) in [6.45, 7) is 9.16. The molecule has 0 aromatic rings. The predicted octanol–water partition coefficient (Wildman–Crippen LogP) is 1.22. The summed E-state index contributed by atoms with van der Waals surface area (Å²) in [4.78, 5) is 7.70. The van der Waals surface area contributed by atoms with Crippen LogP contribution in [-0.4, -0.2) is 79.6 Å². The molecule has 0 aromatic carbocycles. The summed E-state index contributed by atoms with van der Waals surface area (Å²) in [6.07, 6.45) is 6.47. The predicted molar refractivity (Wildman–Crippen MR) is 86.0 cm³/mol. The molecule has 2 aliphatic rings. The lowest BCUT2D eigenvalue weighted by Gasteiger charge is -2.43. The zero-order valence-corrected chi connectivity index (χ0v) is 13.8. The quantitative estimate of drug-likeness (QED) is 0.822. The van der Waals surface area contributed by atoms with Gasteiger partial charge in [0.25, 0.3) is 0 Å². The van der Waals surface area contributed by atoms with E-state index < -0.39 is 0 Å². The first kappa shape index (κ1) is 16.2. The monoisotopic (exact) mass is 282 g/mol. The van der Waals surface area contributed by atoms with Gasteiger partial charge in [0.15, 0.2) is 0 Å². The standard InChI is InChI=1S/C16H34N4/c1-4-20-11-5-7-15(20)13-19(3)16(14-17)8-6-10-18(2)12-9-16/h15H,4-14,17H2,1-3H3. The van der Waals surface area contributed by atoms with Gasteiger partial charge in [-0.1, -0.05) is 6.92 Å². The van der Waals surface area contributed by atoms with Gasteiger partial charge in [-0.25, -0.2) is 0 Å². The van der Waals surface area contributed by atoms with Gasteiger partial charge in [-0.2, -0.15) is 0 Å². The summed E-state index contributed by atoms with van der Waals surface area (Å²) in [6, 6.07) is 0.745. The third kappa shape index (κ3) is 3.53. The molecular weight excluding hydrogens is 248 g/mol. The van der Waals surface area contributed by atoms with Crippen LogP contribution in [0.15, 0.2) is 0 Å². The van der Waals surface area contributed by atoms with Crippen molar-refractivity contribution in [3.8, 4) is 0 Å². The molecule has 2 heterocycles. The van der Waals surface area contributed by atoms with E-state index in [0.29, 0.717) is 0 Å². The maximum atomic E-state index is 6.22. The molecule has 0 spiro atoms. The summed E-state index contributed by atoms with van der Waals surface area (Å²) in [7, 11) is 4.55. The van der Waals surface area contributed by atoms with E-state index in [9.17, 15) is 0 Å². The summed E-state index contributed by atoms with van der Waals surface area (Å²) in [5, 5.41) is 0. The summed E-state index contributed by atoms with van der Waals surface area (Å²) >= 11 is 0. The van der Waals surface area contributed by atoms with Crippen LogP contribution in [0.1, 0.15) is 39.0 Å². The minimum atomic E-state index is 0.229. The molecule has 0 aromatic heterocycles. The van der Waals surface area contributed by atoms with Crippen LogP contribution in [0, 0.1) is 0 Å². The Morgan fingerprint density at radius 1 is 1.20 bits per heavy atom. The Hall–Kier alpha value is -0.160. The van der Waals surface area contributed by atoms with Crippen LogP contribution in [0.2, 0.25) is 0 Å². The molecule has 4 heteroatoms. The van der Waals surface area contributed by atoms with Crippen LogP contribution < -0.4 is 5.73 Å². The fourth-order valence-electron chi connectivity index (χ4n) is 4.08. The van der Waals surface area contributed by atoms with Gasteiger partial charge in [-0.15, -0.1) is 0 Å². The summed E-state index contributed by atoms with van der Waals surface area (Å²) in [5.74, 6) is 0. The van der Waals surface area contributed by atoms with Crippen molar-refractivity contribution in [2.75, 3.05) is 53.4 Å². The average molecular weight is 282 g/mol. The average Bonchev–Trinajstić information content (AvgIpc) is 2.80. The number of hydrogen-bond acceptors (Lipinski definition) is 4. The van der Waals surface area contributed by atoms with Gasteiger partial charge in [0.1, 0.15) is 0 Å². The molecule has 2 saturated heterocycles. The Bertz CT molecular complexity index is 296. The van der Waals surface area contributed by atoms with Crippen molar-refractivity contribution in [3.63, 3.8) is 0 Å². The molecule has 2 N–H and O–H groups in total. The second kappa shape index (κ2) is 7.21. The van der Waals surface area contributed by atoms with E-state index in [2.05, 4.69) is 35.7 Å². The van der Waals surface area contributed by atoms with Gasteiger partial charge >= 0.3 is 0 Å². The number of rotatable bonds is 5. The molecule has 0 bridgehead atoms. The Balaban J connectivity index is 1.98. The van der Waals surface area contributed by atoms with Crippen LogP contribution in [-0.2, 0) is 0 Å². The van der Waals surface area contributed by atoms with Gasteiger partial charge in [0, 0.05) is 24.7 Å². The Labute approximate surface area is 125 Å². The van der Waals surface area contributed by atoms with Crippen LogP contribution in [0.5, 0.6) is 0 Å². The highest BCUT2D eigenvalue weighted by atomic mass is 15.3. The van der Waals surface area contributed by atoms with Crippen molar-refractivity contribution in [2.24, 2.45) is 5.73 Å². The molecule has 2 fully saturated rings. The largest absolute Gasteiger partial charge is 0.329 e. The first-order chi connectivity index (χ1) is 9.61. The molecule has 4 nitrogen and oxygen atoms in total. The van der Waals surface area contributed by atoms with Crippen LogP contribution in [0.25, 0.3) is 0 Å². The van der Waals surface area contributed by atoms with Crippen molar-refractivity contribution in [1.29, 1.82) is 0 Å². The number of hydrogen-bond donors (Lipinski definition) is 1. The number of likely N-dealkylation sites (tertiary alicyclic amines) is 2. The third-order valence-corrected chi connectivity index (χ3v) is 5.72. The zero-order valence-electron chi connectivity index (χ0n) is 13.8. The third-order valence-electron chi connectivity index (χ3n) is 5.72. The molecule has 20 heavy (non-hydrogen) atoms. The fraction of sp³-hybridized carbons (Fsp3) is 1.00. The van der Waals surface area contributed by atoms with Crippen LogP contribution in [0.4, 0.5) is 0 Å². The highest BCUT2D eigenvalue weighted by Crippen LogP contribution is 2.29. The first-order valence-electron chi connectivity index (χ1n) is 8.45. The van der Waals surface area contributed by atoms with Crippen LogP contribution >= 0.6 is 0 Å². The first-order valence-corrected chi connectivity index (χ1v) is 8.45. The normalized spacial score (nSPS) is 33.8. The van der Waals surface area contributed by atoms with Crippen molar-refractivity contribution >= 4 is 0 Å². The number of nitrogens with two attached hydrogens (primary N) is 1. The van der Waals surface area contributed by atoms with E-state index in [1.165, 1.54) is 64.8 Å². The molecule has 118 valence electrons. The molecule has 2 unspecified atom stereocenters. The minimum Gasteiger partial charge on any atom is -0.329 e. The summed E-state index contributed by atoms with van der Waals surface area (Å²) in [5.41, 5.74) is 6.45. The molecule has 0 amide bonds. The molecule has 2 atom stereocenters. The minimum absolute atomic E-state index is 0.229. The van der Waals surface area contributed by atoms with Gasteiger partial charge in [-0.05, 0) is 72.4 Å². The van der Waals surface area contributed by atoms with E-state index >= 15 is 0 Å². The lowest BCUT2D eigenvalue weighted by atomic mass is 9.88. The molecule has 0 radical (unpaired) electrons. The van der Waals surface area contributed by atoms with Crippen molar-refractivity contribution in [2.45, 2.75) is 50.6 Å². The van der Waals surface area contributed by atoms with E-state index in [1.807, 2.05) is 0 Å². The lowest BCUT2D eigenvalue weighted by molar-refractivity contribution is 0.0777. The summed E-state index contributed by atoms with van der Waals surface area (Å²) < 4.78 is 0. The second-order valence-electron chi connectivity index (χ2n) is 6.89. The van der Waals surface area contributed by atoms with Gasteiger partial charge in [-0.3, -0.25) is 9.80 Å². The lowest BCUT2D eigenvalue weighted by Crippen LogP contribution is -2.55. The molecule has 2 aliphatic heterocycles. The topological polar surface area (TPSA) is 35.7 Å². The molecule has 0 saturated carbocycles. The van der Waals surface area contributed by atoms with E-state index in [-0.39, 0.29) is 5.54 Å². The number of nitrogens with zero attached hydrogens (tertiary/aromatic N) is 3. The Morgan fingerprint density at radius 2 is 2.00 bits per heavy atom. The second-order valence-corrected chi connectivity index (χ2v) is 6.89. The van der Waals surface area contributed by atoms with Crippen molar-refractivity contribution < 1.29 is 0 Å². The van der Waals surface area contributed by atoms with Crippen molar-refractivity contribution in [3.05, 3.63) is 0 Å². The van der Waals surface area contributed by atoms with Crippen molar-refractivity contribution in [1.82, 2.24) is 14.7 Å². The van der Waals surface area contributed by atoms with Gasteiger partial charge in [0.2, 0.25) is 0 Å². The fourth-order valence-corrected chi connectivity index (χ4v) is 4.08. The Morgan fingerprint density at radius 3 is 2.70 bits per heavy atom. The van der Waals surface area contributed by atoms with Gasteiger partial charge in [0.05, 0.1) is 0 Å². The highest BCUT2D eigenvalue weighted by molar-refractivity contribution is 4.95. The Kier molecular flexibility index (Phi) is 5.84. The maximum Gasteiger partial charge on any atom is 0.0341 e. The van der Waals surface area contributed by atoms with E-state index in [0.717, 1.165) is 12.6 Å². The smallest absolute Gasteiger partial charge is 0.0341 e.